The summed E-state index contributed by atoms with van der Waals surface area (Å²) in [4.78, 5) is 4.68. The monoisotopic (exact) mass is 273 g/mol. The molecule has 2 N–H and O–H groups in total. The summed E-state index contributed by atoms with van der Waals surface area (Å²) in [6, 6.07) is 2.31. The van der Waals surface area contributed by atoms with Crippen LogP contribution in [0.3, 0.4) is 0 Å². The van der Waals surface area contributed by atoms with Crippen molar-refractivity contribution in [2.24, 2.45) is 0 Å². The third-order valence-electron chi connectivity index (χ3n) is 3.77. The van der Waals surface area contributed by atoms with E-state index in [1.54, 1.807) is 6.92 Å². The molecule has 0 bridgehead atoms. The molecule has 1 atom stereocenters. The van der Waals surface area contributed by atoms with E-state index in [-0.39, 0.29) is 0 Å². The maximum absolute atomic E-state index is 9.48. The van der Waals surface area contributed by atoms with Crippen molar-refractivity contribution in [3.63, 3.8) is 0 Å². The Labute approximate surface area is 120 Å². The molecule has 0 fully saturated rings. The number of aliphatic hydroxyl groups is 1. The van der Waals surface area contributed by atoms with E-state index in [2.05, 4.69) is 30.2 Å². The van der Waals surface area contributed by atoms with Gasteiger partial charge in [-0.25, -0.2) is 4.98 Å². The van der Waals surface area contributed by atoms with Crippen molar-refractivity contribution in [2.45, 2.75) is 58.5 Å². The normalized spacial score (nSPS) is 15.6. The zero-order valence-corrected chi connectivity index (χ0v) is 12.5. The number of rotatable bonds is 4. The topological polar surface area (TPSA) is 68.9 Å². The van der Waals surface area contributed by atoms with Crippen LogP contribution < -0.4 is 5.32 Å². The lowest BCUT2D eigenvalue weighted by atomic mass is 9.85. The van der Waals surface area contributed by atoms with Crippen LogP contribution in [0.2, 0.25) is 0 Å². The Kier molecular flexibility index (Phi) is 4.61. The molecule has 0 radical (unpaired) electrons. The van der Waals surface area contributed by atoms with Crippen molar-refractivity contribution in [3.05, 3.63) is 22.4 Å². The lowest BCUT2D eigenvalue weighted by Crippen LogP contribution is -2.20. The van der Waals surface area contributed by atoms with Crippen molar-refractivity contribution in [2.75, 3.05) is 11.9 Å². The number of anilines is 1. The number of hydrogen-bond donors (Lipinski definition) is 2. The molecule has 0 spiro atoms. The smallest absolute Gasteiger partial charge is 0.144 e. The molecule has 0 aliphatic heterocycles. The molecule has 0 saturated carbocycles. The minimum atomic E-state index is -0.457. The van der Waals surface area contributed by atoms with Crippen LogP contribution in [0.15, 0.2) is 0 Å². The SMILES string of the molecule is CC(C)c1nc(NC[C@H](C)O)c(C#N)c2c1CCCC2. The number of aliphatic hydroxyl groups excluding tert-OH is 1. The van der Waals surface area contributed by atoms with Gasteiger partial charge in [0.1, 0.15) is 11.9 Å². The molecule has 20 heavy (non-hydrogen) atoms. The third kappa shape index (κ3) is 2.94. The summed E-state index contributed by atoms with van der Waals surface area (Å²) in [7, 11) is 0. The predicted octanol–water partition coefficient (Wildman–Crippen LogP) is 2.75. The van der Waals surface area contributed by atoms with Crippen LogP contribution in [-0.4, -0.2) is 22.7 Å². The average Bonchev–Trinajstić information content (AvgIpc) is 2.43. The van der Waals surface area contributed by atoms with Crippen LogP contribution in [-0.2, 0) is 12.8 Å². The first-order valence-electron chi connectivity index (χ1n) is 7.42. The molecule has 1 heterocycles. The Balaban J connectivity index is 2.51. The highest BCUT2D eigenvalue weighted by Crippen LogP contribution is 2.33. The molecule has 108 valence electrons. The molecule has 4 heteroatoms. The van der Waals surface area contributed by atoms with Gasteiger partial charge >= 0.3 is 0 Å². The molecule has 1 aliphatic carbocycles. The zero-order valence-electron chi connectivity index (χ0n) is 12.5. The van der Waals surface area contributed by atoms with Crippen molar-refractivity contribution in [1.29, 1.82) is 5.26 Å². The van der Waals surface area contributed by atoms with Gasteiger partial charge in [-0.05, 0) is 49.7 Å². The fourth-order valence-electron chi connectivity index (χ4n) is 2.82. The van der Waals surface area contributed by atoms with Crippen molar-refractivity contribution < 1.29 is 5.11 Å². The van der Waals surface area contributed by atoms with Gasteiger partial charge in [0.05, 0.1) is 11.7 Å². The van der Waals surface area contributed by atoms with Gasteiger partial charge in [-0.2, -0.15) is 5.26 Å². The summed E-state index contributed by atoms with van der Waals surface area (Å²) in [5, 5.41) is 22.0. The van der Waals surface area contributed by atoms with Crippen LogP contribution in [0.4, 0.5) is 5.82 Å². The number of nitrogens with one attached hydrogen (secondary N) is 1. The van der Waals surface area contributed by atoms with Crippen molar-refractivity contribution >= 4 is 5.82 Å². The van der Waals surface area contributed by atoms with Gasteiger partial charge in [-0.15, -0.1) is 0 Å². The molecule has 0 saturated heterocycles. The molecule has 0 aromatic carbocycles. The summed E-state index contributed by atoms with van der Waals surface area (Å²) in [5.41, 5.74) is 4.23. The van der Waals surface area contributed by atoms with E-state index < -0.39 is 6.10 Å². The predicted molar refractivity (Wildman–Crippen MR) is 79.9 cm³/mol. The zero-order chi connectivity index (χ0) is 14.7. The van der Waals surface area contributed by atoms with E-state index in [0.717, 1.165) is 25.0 Å². The fourth-order valence-corrected chi connectivity index (χ4v) is 2.82. The molecule has 0 amide bonds. The maximum atomic E-state index is 9.48. The largest absolute Gasteiger partial charge is 0.392 e. The van der Waals surface area contributed by atoms with E-state index in [9.17, 15) is 10.4 Å². The first-order chi connectivity index (χ1) is 9.54. The Morgan fingerprint density at radius 1 is 1.25 bits per heavy atom. The summed E-state index contributed by atoms with van der Waals surface area (Å²) < 4.78 is 0. The van der Waals surface area contributed by atoms with Gasteiger partial charge in [0.15, 0.2) is 0 Å². The van der Waals surface area contributed by atoms with Gasteiger partial charge < -0.3 is 10.4 Å². The van der Waals surface area contributed by atoms with E-state index in [4.69, 9.17) is 0 Å². The van der Waals surface area contributed by atoms with Gasteiger partial charge in [0.25, 0.3) is 0 Å². The maximum Gasteiger partial charge on any atom is 0.144 e. The molecular formula is C16H23N3O. The van der Waals surface area contributed by atoms with Crippen LogP contribution in [0.25, 0.3) is 0 Å². The minimum Gasteiger partial charge on any atom is -0.392 e. The van der Waals surface area contributed by atoms with Crippen molar-refractivity contribution in [1.82, 2.24) is 4.98 Å². The minimum absolute atomic E-state index is 0.349. The quantitative estimate of drug-likeness (QED) is 0.885. The fraction of sp³-hybridized carbons (Fsp3) is 0.625. The average molecular weight is 273 g/mol. The molecule has 1 aromatic rings. The summed E-state index contributed by atoms with van der Waals surface area (Å²) >= 11 is 0. The van der Waals surface area contributed by atoms with Gasteiger partial charge in [-0.3, -0.25) is 0 Å². The molecule has 2 rings (SSSR count). The van der Waals surface area contributed by atoms with Crippen LogP contribution in [0.5, 0.6) is 0 Å². The summed E-state index contributed by atoms with van der Waals surface area (Å²) in [5.74, 6) is 0.986. The van der Waals surface area contributed by atoms with E-state index >= 15 is 0 Å². The number of nitriles is 1. The van der Waals surface area contributed by atoms with E-state index in [0.29, 0.717) is 23.8 Å². The number of fused-ring (bicyclic) bond motifs is 1. The number of aromatic nitrogens is 1. The second-order valence-corrected chi connectivity index (χ2v) is 5.88. The summed E-state index contributed by atoms with van der Waals surface area (Å²) in [6.45, 7) is 6.42. The van der Waals surface area contributed by atoms with Gasteiger partial charge in [0.2, 0.25) is 0 Å². The summed E-state index contributed by atoms with van der Waals surface area (Å²) in [6.07, 6.45) is 3.85. The molecule has 1 aliphatic rings. The lowest BCUT2D eigenvalue weighted by molar-refractivity contribution is 0.208. The highest BCUT2D eigenvalue weighted by molar-refractivity contribution is 5.60. The van der Waals surface area contributed by atoms with Crippen LogP contribution >= 0.6 is 0 Å². The molecule has 1 aromatic heterocycles. The second-order valence-electron chi connectivity index (χ2n) is 5.88. The first kappa shape index (κ1) is 14.8. The van der Waals surface area contributed by atoms with Crippen LogP contribution in [0.1, 0.15) is 61.9 Å². The highest BCUT2D eigenvalue weighted by Gasteiger charge is 2.23. The van der Waals surface area contributed by atoms with E-state index in [1.165, 1.54) is 17.5 Å². The number of hydrogen-bond acceptors (Lipinski definition) is 4. The third-order valence-corrected chi connectivity index (χ3v) is 3.77. The highest BCUT2D eigenvalue weighted by atomic mass is 16.3. The standard InChI is InChI=1S/C16H23N3O/c1-10(2)15-13-7-5-4-6-12(13)14(8-17)16(19-15)18-9-11(3)20/h10-11,20H,4-7,9H2,1-3H3,(H,18,19)/t11-/m0/s1. The molecular weight excluding hydrogens is 250 g/mol. The molecule has 0 unspecified atom stereocenters. The Morgan fingerprint density at radius 3 is 2.45 bits per heavy atom. The Bertz CT molecular complexity index is 530. The number of pyridine rings is 1. The Hall–Kier alpha value is -1.60. The second kappa shape index (κ2) is 6.23. The lowest BCUT2D eigenvalue weighted by Gasteiger charge is -2.24. The van der Waals surface area contributed by atoms with Gasteiger partial charge in [-0.1, -0.05) is 13.8 Å². The number of nitrogens with zero attached hydrogens (tertiary/aromatic N) is 2. The molecule has 4 nitrogen and oxygen atoms in total. The first-order valence-corrected chi connectivity index (χ1v) is 7.42. The van der Waals surface area contributed by atoms with E-state index in [1.807, 2.05) is 0 Å². The van der Waals surface area contributed by atoms with Crippen LogP contribution in [0, 0.1) is 11.3 Å². The van der Waals surface area contributed by atoms with Gasteiger partial charge in [0, 0.05) is 12.2 Å². The van der Waals surface area contributed by atoms with Crippen molar-refractivity contribution in [3.8, 4) is 6.07 Å². The Morgan fingerprint density at radius 2 is 1.90 bits per heavy atom.